The zero-order valence-corrected chi connectivity index (χ0v) is 21.3. The molecule has 1 rings (SSSR count). The molecule has 168 valence electrons. The molecule has 5 heteroatoms. The Labute approximate surface area is 180 Å². The van der Waals surface area contributed by atoms with Crippen LogP contribution in [0, 0.1) is 17.8 Å². The Morgan fingerprint density at radius 1 is 0.966 bits per heavy atom. The third kappa shape index (κ3) is 7.39. The summed E-state index contributed by atoms with van der Waals surface area (Å²) >= 11 is 0. The van der Waals surface area contributed by atoms with Gasteiger partial charge in [-0.05, 0) is 41.7 Å². The zero-order valence-electron chi connectivity index (χ0n) is 20.3. The van der Waals surface area contributed by atoms with E-state index in [1.807, 2.05) is 24.3 Å². The lowest BCUT2D eigenvalue weighted by Crippen LogP contribution is -2.50. The van der Waals surface area contributed by atoms with E-state index in [1.54, 1.807) is 7.11 Å². The average molecular weight is 425 g/mol. The lowest BCUT2D eigenvalue weighted by atomic mass is 9.85. The van der Waals surface area contributed by atoms with Crippen LogP contribution in [-0.2, 0) is 15.8 Å². The van der Waals surface area contributed by atoms with Crippen molar-refractivity contribution in [2.45, 2.75) is 85.4 Å². The summed E-state index contributed by atoms with van der Waals surface area (Å²) in [5.74, 6) is 1.42. The molecule has 0 saturated heterocycles. The van der Waals surface area contributed by atoms with Gasteiger partial charge in [-0.15, -0.1) is 0 Å². The molecule has 0 spiro atoms. The predicted octanol–water partition coefficient (Wildman–Crippen LogP) is 5.89. The summed E-state index contributed by atoms with van der Waals surface area (Å²) in [7, 11) is -0.246. The van der Waals surface area contributed by atoms with Crippen molar-refractivity contribution in [3.63, 3.8) is 0 Å². The molecule has 0 aromatic heterocycles. The first-order valence-electron chi connectivity index (χ1n) is 10.9. The molecule has 29 heavy (non-hydrogen) atoms. The van der Waals surface area contributed by atoms with Crippen molar-refractivity contribution in [2.75, 3.05) is 13.7 Å². The summed E-state index contributed by atoms with van der Waals surface area (Å²) in [5, 5.41) is 10.0. The maximum absolute atomic E-state index is 9.87. The van der Waals surface area contributed by atoms with Crippen molar-refractivity contribution in [3.05, 3.63) is 29.8 Å². The fourth-order valence-electron chi connectivity index (χ4n) is 3.41. The molecule has 1 aromatic rings. The van der Waals surface area contributed by atoms with E-state index < -0.39 is 8.32 Å². The molecule has 0 aliphatic carbocycles. The number of aliphatic hydroxyl groups excluding tert-OH is 1. The molecular weight excluding hydrogens is 380 g/mol. The molecule has 0 aliphatic heterocycles. The summed E-state index contributed by atoms with van der Waals surface area (Å²) in [6.45, 7) is 20.7. The van der Waals surface area contributed by atoms with Crippen molar-refractivity contribution in [2.24, 2.45) is 17.8 Å². The summed E-state index contributed by atoms with van der Waals surface area (Å²) in [6, 6.07) is 7.95. The summed E-state index contributed by atoms with van der Waals surface area (Å²) < 4.78 is 18.5. The molecule has 0 saturated carbocycles. The van der Waals surface area contributed by atoms with Crippen LogP contribution < -0.4 is 4.74 Å². The highest BCUT2D eigenvalue weighted by atomic mass is 28.4. The first kappa shape index (κ1) is 26.2. The monoisotopic (exact) mass is 424 g/mol. The van der Waals surface area contributed by atoms with Crippen molar-refractivity contribution < 1.29 is 19.0 Å². The van der Waals surface area contributed by atoms with Gasteiger partial charge in [-0.1, -0.05) is 60.6 Å². The quantitative estimate of drug-likeness (QED) is 0.450. The van der Waals surface area contributed by atoms with Crippen LogP contribution >= 0.6 is 0 Å². The van der Waals surface area contributed by atoms with E-state index in [1.165, 1.54) is 0 Å². The molecule has 1 aromatic carbocycles. The number of hydrogen-bond donors (Lipinski definition) is 1. The minimum Gasteiger partial charge on any atom is -0.497 e. The predicted molar refractivity (Wildman–Crippen MR) is 124 cm³/mol. The van der Waals surface area contributed by atoms with Gasteiger partial charge in [-0.2, -0.15) is 0 Å². The molecule has 0 amide bonds. The highest BCUT2D eigenvalue weighted by Crippen LogP contribution is 2.40. The van der Waals surface area contributed by atoms with Gasteiger partial charge in [0.1, 0.15) is 5.75 Å². The lowest BCUT2D eigenvalue weighted by Gasteiger charge is -2.44. The molecule has 0 fully saturated rings. The van der Waals surface area contributed by atoms with Gasteiger partial charge in [0.2, 0.25) is 0 Å². The highest BCUT2D eigenvalue weighted by Gasteiger charge is 2.42. The van der Waals surface area contributed by atoms with E-state index in [0.717, 1.165) is 11.3 Å². The molecule has 0 heterocycles. The highest BCUT2D eigenvalue weighted by molar-refractivity contribution is 6.74. The molecule has 0 unspecified atom stereocenters. The van der Waals surface area contributed by atoms with E-state index in [9.17, 15) is 5.11 Å². The van der Waals surface area contributed by atoms with Crippen LogP contribution in [0.1, 0.15) is 54.0 Å². The lowest BCUT2D eigenvalue weighted by molar-refractivity contribution is -0.0800. The Bertz CT molecular complexity index is 592. The molecule has 0 aliphatic rings. The van der Waals surface area contributed by atoms with Gasteiger partial charge in [0.05, 0.1) is 25.9 Å². The summed E-state index contributed by atoms with van der Waals surface area (Å²) in [6.07, 6.45) is 0.00466. The number of methoxy groups -OCH3 is 1. The van der Waals surface area contributed by atoms with Crippen LogP contribution in [0.2, 0.25) is 18.1 Å². The van der Waals surface area contributed by atoms with Crippen LogP contribution in [0.3, 0.4) is 0 Å². The van der Waals surface area contributed by atoms with Gasteiger partial charge < -0.3 is 19.0 Å². The second-order valence-electron chi connectivity index (χ2n) is 10.2. The number of ether oxygens (including phenoxy) is 2. The Morgan fingerprint density at radius 3 is 1.93 bits per heavy atom. The molecule has 4 nitrogen and oxygen atoms in total. The maximum atomic E-state index is 9.87. The van der Waals surface area contributed by atoms with E-state index in [2.05, 4.69) is 61.6 Å². The fraction of sp³-hybridized carbons (Fsp3) is 0.750. The smallest absolute Gasteiger partial charge is 0.192 e. The van der Waals surface area contributed by atoms with Crippen molar-refractivity contribution >= 4 is 8.32 Å². The van der Waals surface area contributed by atoms with Crippen molar-refractivity contribution in [3.8, 4) is 5.75 Å². The minimum atomic E-state index is -1.91. The van der Waals surface area contributed by atoms with Crippen molar-refractivity contribution in [1.82, 2.24) is 0 Å². The van der Waals surface area contributed by atoms with Crippen LogP contribution in [0.4, 0.5) is 0 Å². The molecular formula is C24H44O4Si. The van der Waals surface area contributed by atoms with E-state index in [4.69, 9.17) is 13.9 Å². The van der Waals surface area contributed by atoms with E-state index in [0.29, 0.717) is 12.5 Å². The third-order valence-electron chi connectivity index (χ3n) is 6.38. The second kappa shape index (κ2) is 10.9. The van der Waals surface area contributed by atoms with Crippen LogP contribution in [0.5, 0.6) is 5.75 Å². The van der Waals surface area contributed by atoms with Gasteiger partial charge in [-0.25, -0.2) is 0 Å². The Morgan fingerprint density at radius 2 is 1.52 bits per heavy atom. The van der Waals surface area contributed by atoms with Crippen LogP contribution in [-0.4, -0.2) is 39.3 Å². The standard InChI is InChI=1S/C24H44O4Si/c1-17(2)22(28-29(9,10)24(5,6)7)19(4)23(18(3)15-25)27-16-20-11-13-21(26-8)14-12-20/h11-14,17-19,22-23,25H,15-16H2,1-10H3/t18-,19+,22+,23-/m1/s1. The normalized spacial score (nSPS) is 17.1. The maximum Gasteiger partial charge on any atom is 0.192 e. The topological polar surface area (TPSA) is 47.9 Å². The largest absolute Gasteiger partial charge is 0.497 e. The second-order valence-corrected chi connectivity index (χ2v) is 15.0. The third-order valence-corrected chi connectivity index (χ3v) is 10.9. The van der Waals surface area contributed by atoms with Gasteiger partial charge in [-0.3, -0.25) is 0 Å². The SMILES string of the molecule is COc1ccc(CO[C@@H]([C@@H](C)[C@@H](O[Si](C)(C)C(C)(C)C)C(C)C)[C@H](C)CO)cc1. The molecule has 0 radical (unpaired) electrons. The van der Waals surface area contributed by atoms with Gasteiger partial charge in [0.15, 0.2) is 8.32 Å². The van der Waals surface area contributed by atoms with E-state index >= 15 is 0 Å². The van der Waals surface area contributed by atoms with E-state index in [-0.39, 0.29) is 35.7 Å². The van der Waals surface area contributed by atoms with Crippen molar-refractivity contribution in [1.29, 1.82) is 0 Å². The number of benzene rings is 1. The Balaban J connectivity index is 3.00. The average Bonchev–Trinajstić information content (AvgIpc) is 2.65. The minimum absolute atomic E-state index is 0.0347. The zero-order chi connectivity index (χ0) is 22.4. The first-order valence-corrected chi connectivity index (χ1v) is 13.8. The van der Waals surface area contributed by atoms with Gasteiger partial charge in [0, 0.05) is 18.4 Å². The molecule has 4 atom stereocenters. The first-order chi connectivity index (χ1) is 13.3. The van der Waals surface area contributed by atoms with Crippen LogP contribution in [0.25, 0.3) is 0 Å². The summed E-state index contributed by atoms with van der Waals surface area (Å²) in [4.78, 5) is 0. The van der Waals surface area contributed by atoms with Gasteiger partial charge >= 0.3 is 0 Å². The fourth-order valence-corrected chi connectivity index (χ4v) is 4.93. The molecule has 0 bridgehead atoms. The number of hydrogen-bond acceptors (Lipinski definition) is 4. The van der Waals surface area contributed by atoms with Crippen LogP contribution in [0.15, 0.2) is 24.3 Å². The Kier molecular flexibility index (Phi) is 9.87. The summed E-state index contributed by atoms with van der Waals surface area (Å²) in [5.41, 5.74) is 1.10. The van der Waals surface area contributed by atoms with Gasteiger partial charge in [0.25, 0.3) is 0 Å². The number of rotatable bonds is 11. The number of aliphatic hydroxyl groups is 1. The molecule has 1 N–H and O–H groups in total. The Hall–Kier alpha value is -0.883.